The van der Waals surface area contributed by atoms with Crippen molar-refractivity contribution in [3.8, 4) is 0 Å². The summed E-state index contributed by atoms with van der Waals surface area (Å²) in [6.07, 6.45) is 2.47. The minimum absolute atomic E-state index is 0.0866. The van der Waals surface area contributed by atoms with Crippen LogP contribution < -0.4 is 5.32 Å². The van der Waals surface area contributed by atoms with Crippen molar-refractivity contribution < 1.29 is 14.1 Å². The highest BCUT2D eigenvalue weighted by Gasteiger charge is 2.13. The third kappa shape index (κ3) is 3.91. The largest absolute Gasteiger partial charge is 0.454 e. The van der Waals surface area contributed by atoms with E-state index in [1.165, 1.54) is 17.1 Å². The first-order chi connectivity index (χ1) is 9.95. The van der Waals surface area contributed by atoms with Crippen molar-refractivity contribution in [3.63, 3.8) is 0 Å². The van der Waals surface area contributed by atoms with E-state index >= 15 is 0 Å². The fourth-order valence-corrected chi connectivity index (χ4v) is 1.66. The van der Waals surface area contributed by atoms with Gasteiger partial charge in [0.2, 0.25) is 0 Å². The number of rotatable bonds is 6. The number of nitrogens with zero attached hydrogens (tertiary/aromatic N) is 3. The van der Waals surface area contributed by atoms with Crippen LogP contribution in [0.5, 0.6) is 0 Å². The van der Waals surface area contributed by atoms with Crippen LogP contribution in [0, 0.1) is 16.0 Å². The van der Waals surface area contributed by atoms with Crippen molar-refractivity contribution in [1.29, 1.82) is 0 Å². The molecule has 0 radical (unpaired) electrons. The highest BCUT2D eigenvalue weighted by Crippen LogP contribution is 2.12. The first kappa shape index (κ1) is 14.8. The highest BCUT2D eigenvalue weighted by atomic mass is 16.6. The maximum atomic E-state index is 11.8. The van der Waals surface area contributed by atoms with Crippen LogP contribution in [0.3, 0.4) is 0 Å². The van der Waals surface area contributed by atoms with Crippen LogP contribution in [-0.4, -0.2) is 27.2 Å². The Labute approximate surface area is 120 Å². The normalized spacial score (nSPS) is 10.8. The zero-order valence-electron chi connectivity index (χ0n) is 11.8. The molecule has 0 fully saturated rings. The summed E-state index contributed by atoms with van der Waals surface area (Å²) in [6.45, 7) is 4.79. The molecule has 2 aromatic heterocycles. The van der Waals surface area contributed by atoms with Gasteiger partial charge in [0.1, 0.15) is 18.2 Å². The van der Waals surface area contributed by atoms with Gasteiger partial charge >= 0.3 is 5.69 Å². The molecule has 0 aromatic carbocycles. The first-order valence-corrected chi connectivity index (χ1v) is 6.49. The molecule has 0 aliphatic rings. The maximum absolute atomic E-state index is 11.8. The molecule has 0 saturated carbocycles. The molecule has 0 atom stereocenters. The van der Waals surface area contributed by atoms with Gasteiger partial charge in [0.15, 0.2) is 5.76 Å². The third-order valence-electron chi connectivity index (χ3n) is 2.70. The van der Waals surface area contributed by atoms with Gasteiger partial charge in [-0.25, -0.2) is 0 Å². The van der Waals surface area contributed by atoms with E-state index in [2.05, 4.69) is 10.4 Å². The summed E-state index contributed by atoms with van der Waals surface area (Å²) in [7, 11) is 0. The Morgan fingerprint density at radius 1 is 1.52 bits per heavy atom. The number of amides is 1. The van der Waals surface area contributed by atoms with Crippen molar-refractivity contribution in [2.45, 2.75) is 20.4 Å². The Kier molecular flexibility index (Phi) is 4.36. The highest BCUT2D eigenvalue weighted by molar-refractivity contribution is 5.91. The number of carbonyl (C=O) groups is 1. The average molecular weight is 292 g/mol. The van der Waals surface area contributed by atoms with E-state index in [1.54, 1.807) is 12.1 Å². The molecule has 2 aromatic rings. The van der Waals surface area contributed by atoms with Crippen LogP contribution in [0.1, 0.15) is 30.2 Å². The topological polar surface area (TPSA) is 103 Å². The van der Waals surface area contributed by atoms with E-state index < -0.39 is 4.92 Å². The minimum atomic E-state index is -0.517. The Bertz CT molecular complexity index is 644. The van der Waals surface area contributed by atoms with Gasteiger partial charge in [-0.15, -0.1) is 0 Å². The quantitative estimate of drug-likeness (QED) is 0.646. The number of hydrogen-bond acceptors (Lipinski definition) is 5. The van der Waals surface area contributed by atoms with E-state index in [-0.39, 0.29) is 23.9 Å². The predicted octanol–water partition coefficient (Wildman–Crippen LogP) is 1.82. The second kappa shape index (κ2) is 6.21. The second-order valence-corrected chi connectivity index (χ2v) is 5.02. The molecule has 0 aliphatic heterocycles. The van der Waals surface area contributed by atoms with E-state index in [1.807, 2.05) is 13.8 Å². The molecule has 8 nitrogen and oxygen atoms in total. The van der Waals surface area contributed by atoms with Crippen LogP contribution in [-0.2, 0) is 6.54 Å². The fraction of sp³-hybridized carbons (Fsp3) is 0.385. The van der Waals surface area contributed by atoms with Crippen LogP contribution in [0.25, 0.3) is 0 Å². The van der Waals surface area contributed by atoms with Gasteiger partial charge in [-0.3, -0.25) is 19.6 Å². The smallest absolute Gasteiger partial charge is 0.307 e. The number of nitro groups is 1. The first-order valence-electron chi connectivity index (χ1n) is 6.49. The number of hydrogen-bond donors (Lipinski definition) is 1. The number of nitrogens with one attached hydrogen (secondary N) is 1. The Balaban J connectivity index is 1.99. The van der Waals surface area contributed by atoms with Crippen molar-refractivity contribution in [1.82, 2.24) is 15.1 Å². The molecule has 0 unspecified atom stereocenters. The van der Waals surface area contributed by atoms with Gasteiger partial charge in [-0.05, 0) is 18.1 Å². The SMILES string of the molecule is CC(C)CNC(=O)c1ccc(Cn2cc([N+](=O)[O-])cn2)o1. The molecule has 2 rings (SSSR count). The van der Waals surface area contributed by atoms with Crippen molar-refractivity contribution in [3.05, 3.63) is 46.2 Å². The Hall–Kier alpha value is -2.64. The monoisotopic (exact) mass is 292 g/mol. The molecule has 1 amide bonds. The number of furan rings is 1. The van der Waals surface area contributed by atoms with E-state index in [9.17, 15) is 14.9 Å². The summed E-state index contributed by atoms with van der Waals surface area (Å²) >= 11 is 0. The van der Waals surface area contributed by atoms with Gasteiger partial charge in [0, 0.05) is 6.54 Å². The van der Waals surface area contributed by atoms with E-state index in [4.69, 9.17) is 4.42 Å². The third-order valence-corrected chi connectivity index (χ3v) is 2.70. The summed E-state index contributed by atoms with van der Waals surface area (Å²) in [5, 5.41) is 17.2. The zero-order chi connectivity index (χ0) is 15.4. The van der Waals surface area contributed by atoms with E-state index in [0.717, 1.165) is 0 Å². The fourth-order valence-electron chi connectivity index (χ4n) is 1.66. The molecular formula is C13H16N4O4. The predicted molar refractivity (Wildman–Crippen MR) is 73.9 cm³/mol. The summed E-state index contributed by atoms with van der Waals surface area (Å²) in [5.41, 5.74) is -0.0866. The standard InChI is InChI=1S/C13H16N4O4/c1-9(2)5-14-13(18)12-4-3-11(21-12)8-16-7-10(6-15-16)17(19)20/h3-4,6-7,9H,5,8H2,1-2H3,(H,14,18). The minimum Gasteiger partial charge on any atom is -0.454 e. The lowest BCUT2D eigenvalue weighted by atomic mass is 10.2. The summed E-state index contributed by atoms with van der Waals surface area (Å²) in [4.78, 5) is 21.8. The van der Waals surface area contributed by atoms with Crippen molar-refractivity contribution in [2.75, 3.05) is 6.54 Å². The van der Waals surface area contributed by atoms with Gasteiger partial charge in [0.25, 0.3) is 5.91 Å². The molecule has 112 valence electrons. The Morgan fingerprint density at radius 3 is 2.90 bits per heavy atom. The average Bonchev–Trinajstić information content (AvgIpc) is 3.05. The molecular weight excluding hydrogens is 276 g/mol. The molecule has 0 aliphatic carbocycles. The van der Waals surface area contributed by atoms with Crippen molar-refractivity contribution >= 4 is 11.6 Å². The molecule has 0 spiro atoms. The van der Waals surface area contributed by atoms with Crippen LogP contribution in [0.15, 0.2) is 28.9 Å². The molecule has 1 N–H and O–H groups in total. The molecule has 2 heterocycles. The molecule has 8 heteroatoms. The van der Waals surface area contributed by atoms with Gasteiger partial charge in [-0.2, -0.15) is 5.10 Å². The van der Waals surface area contributed by atoms with Crippen molar-refractivity contribution in [2.24, 2.45) is 5.92 Å². The van der Waals surface area contributed by atoms with Crippen LogP contribution in [0.4, 0.5) is 5.69 Å². The van der Waals surface area contributed by atoms with Crippen LogP contribution >= 0.6 is 0 Å². The molecule has 0 saturated heterocycles. The number of aromatic nitrogens is 2. The Morgan fingerprint density at radius 2 is 2.29 bits per heavy atom. The summed E-state index contributed by atoms with van der Waals surface area (Å²) in [6, 6.07) is 3.22. The van der Waals surface area contributed by atoms with E-state index in [0.29, 0.717) is 18.2 Å². The van der Waals surface area contributed by atoms with Crippen LogP contribution in [0.2, 0.25) is 0 Å². The van der Waals surface area contributed by atoms with Gasteiger partial charge in [-0.1, -0.05) is 13.8 Å². The maximum Gasteiger partial charge on any atom is 0.307 e. The zero-order valence-corrected chi connectivity index (χ0v) is 11.8. The second-order valence-electron chi connectivity index (χ2n) is 5.02. The summed E-state index contributed by atoms with van der Waals surface area (Å²) in [5.74, 6) is 0.796. The lowest BCUT2D eigenvalue weighted by molar-refractivity contribution is -0.385. The lowest BCUT2D eigenvalue weighted by Crippen LogP contribution is -2.26. The van der Waals surface area contributed by atoms with Gasteiger partial charge in [0.05, 0.1) is 11.5 Å². The molecule has 21 heavy (non-hydrogen) atoms. The van der Waals surface area contributed by atoms with Gasteiger partial charge < -0.3 is 9.73 Å². The number of carbonyl (C=O) groups excluding carboxylic acids is 1. The summed E-state index contributed by atoms with van der Waals surface area (Å²) < 4.78 is 6.79. The lowest BCUT2D eigenvalue weighted by Gasteiger charge is -2.05. The molecule has 0 bridgehead atoms.